The number of anilines is 3. The van der Waals surface area contributed by atoms with Gasteiger partial charge in [0, 0.05) is 48.2 Å². The minimum Gasteiger partial charge on any atom is -0.350 e. The van der Waals surface area contributed by atoms with Crippen LogP contribution >= 0.6 is 0 Å². The highest BCUT2D eigenvalue weighted by atomic mass is 19.4. The van der Waals surface area contributed by atoms with Gasteiger partial charge in [0.1, 0.15) is 6.17 Å². The van der Waals surface area contributed by atoms with E-state index in [4.69, 9.17) is 4.11 Å². The first-order chi connectivity index (χ1) is 17.3. The van der Waals surface area contributed by atoms with Gasteiger partial charge >= 0.3 is 6.18 Å². The molecule has 3 heterocycles. The molecule has 3 aromatic rings. The molecule has 0 radical (unpaired) electrons. The minimum absolute atomic E-state index is 0.00457. The maximum atomic E-state index is 14.7. The van der Waals surface area contributed by atoms with Crippen LogP contribution < -0.4 is 15.5 Å². The molecule has 1 fully saturated rings. The van der Waals surface area contributed by atoms with E-state index < -0.39 is 36.7 Å². The number of alkyl halides is 4. The SMILES string of the molecule is [2H]C([2H])([2H])c1cc2c(cc1NC(=O)C=C)nc(N1C[C@H](F)C[C@@H](Nc3ncc(C(F)(F)F)cn3)C1)n2C. The van der Waals surface area contributed by atoms with Gasteiger partial charge in [-0.05, 0) is 30.6 Å². The lowest BCUT2D eigenvalue weighted by Gasteiger charge is -2.35. The summed E-state index contributed by atoms with van der Waals surface area (Å²) in [5, 5.41) is 5.36. The number of nitrogens with zero attached hydrogens (tertiary/aromatic N) is 5. The average molecular weight is 480 g/mol. The molecular formula is C22H23F4N7O. The molecule has 1 aliphatic heterocycles. The van der Waals surface area contributed by atoms with E-state index in [9.17, 15) is 22.4 Å². The third-order valence-electron chi connectivity index (χ3n) is 5.43. The molecule has 2 atom stereocenters. The van der Waals surface area contributed by atoms with Crippen molar-refractivity contribution in [3.8, 4) is 0 Å². The second kappa shape index (κ2) is 8.92. The highest BCUT2D eigenvalue weighted by Crippen LogP contribution is 2.30. The molecule has 1 amide bonds. The monoisotopic (exact) mass is 480 g/mol. The molecule has 0 saturated carbocycles. The highest BCUT2D eigenvalue weighted by molar-refractivity contribution is 6.00. The van der Waals surface area contributed by atoms with Crippen LogP contribution in [0, 0.1) is 6.85 Å². The molecule has 0 aliphatic carbocycles. The van der Waals surface area contributed by atoms with Gasteiger partial charge in [0.15, 0.2) is 0 Å². The number of piperidine rings is 1. The van der Waals surface area contributed by atoms with Gasteiger partial charge in [-0.3, -0.25) is 4.79 Å². The summed E-state index contributed by atoms with van der Waals surface area (Å²) in [7, 11) is 1.65. The number of carbonyl (C=O) groups excluding carboxylic acids is 1. The zero-order valence-corrected chi connectivity index (χ0v) is 18.0. The van der Waals surface area contributed by atoms with E-state index in [0.717, 1.165) is 6.08 Å². The molecule has 2 N–H and O–H groups in total. The number of nitrogens with one attached hydrogen (secondary N) is 2. The van der Waals surface area contributed by atoms with Crippen molar-refractivity contribution in [3.05, 3.63) is 48.3 Å². The Morgan fingerprint density at radius 2 is 2.03 bits per heavy atom. The van der Waals surface area contributed by atoms with E-state index in [1.807, 2.05) is 0 Å². The van der Waals surface area contributed by atoms with Crippen molar-refractivity contribution in [1.82, 2.24) is 19.5 Å². The van der Waals surface area contributed by atoms with Crippen molar-refractivity contribution in [2.24, 2.45) is 7.05 Å². The fourth-order valence-corrected chi connectivity index (χ4v) is 3.83. The van der Waals surface area contributed by atoms with E-state index in [1.165, 1.54) is 12.1 Å². The summed E-state index contributed by atoms with van der Waals surface area (Å²) in [6, 6.07) is 2.30. The number of hydrogen-bond donors (Lipinski definition) is 2. The maximum Gasteiger partial charge on any atom is 0.419 e. The van der Waals surface area contributed by atoms with Crippen molar-refractivity contribution in [1.29, 1.82) is 0 Å². The van der Waals surface area contributed by atoms with Crippen LogP contribution in [0.1, 0.15) is 21.7 Å². The van der Waals surface area contributed by atoms with Gasteiger partial charge in [-0.25, -0.2) is 19.3 Å². The first-order valence-corrected chi connectivity index (χ1v) is 10.3. The van der Waals surface area contributed by atoms with Gasteiger partial charge in [0.05, 0.1) is 23.1 Å². The fraction of sp³-hybridized carbons (Fsp3) is 0.364. The number of halogens is 4. The Kier molecular flexibility index (Phi) is 5.18. The number of imidazole rings is 1. The molecule has 8 nitrogen and oxygen atoms in total. The predicted octanol–water partition coefficient (Wildman–Crippen LogP) is 3.84. The Bertz CT molecular complexity index is 1330. The van der Waals surface area contributed by atoms with E-state index in [1.54, 1.807) is 16.5 Å². The van der Waals surface area contributed by atoms with Gasteiger partial charge < -0.3 is 20.1 Å². The number of aryl methyl sites for hydroxylation is 2. The lowest BCUT2D eigenvalue weighted by Crippen LogP contribution is -2.48. The maximum absolute atomic E-state index is 14.7. The van der Waals surface area contributed by atoms with E-state index >= 15 is 0 Å². The highest BCUT2D eigenvalue weighted by Gasteiger charge is 2.33. The zero-order chi connectivity index (χ0) is 27.1. The van der Waals surface area contributed by atoms with E-state index in [2.05, 4.69) is 32.2 Å². The first kappa shape index (κ1) is 19.7. The van der Waals surface area contributed by atoms with Crippen molar-refractivity contribution < 1.29 is 26.5 Å². The second-order valence-corrected chi connectivity index (χ2v) is 7.92. The summed E-state index contributed by atoms with van der Waals surface area (Å²) in [5.74, 6) is -0.306. The van der Waals surface area contributed by atoms with Gasteiger partial charge in [-0.15, -0.1) is 0 Å². The summed E-state index contributed by atoms with van der Waals surface area (Å²) in [6.07, 6.45) is -3.47. The molecule has 2 aromatic heterocycles. The molecule has 1 aliphatic rings. The Morgan fingerprint density at radius 1 is 1.29 bits per heavy atom. The van der Waals surface area contributed by atoms with E-state index in [0.29, 0.717) is 29.4 Å². The lowest BCUT2D eigenvalue weighted by atomic mass is 10.0. The molecule has 0 bridgehead atoms. The molecule has 0 unspecified atom stereocenters. The van der Waals surface area contributed by atoms with Crippen molar-refractivity contribution in [2.45, 2.75) is 31.7 Å². The predicted molar refractivity (Wildman–Crippen MR) is 120 cm³/mol. The van der Waals surface area contributed by atoms with Crippen LogP contribution in [0.15, 0.2) is 37.2 Å². The van der Waals surface area contributed by atoms with Crippen LogP contribution in [0.25, 0.3) is 11.0 Å². The van der Waals surface area contributed by atoms with Crippen LogP contribution in [-0.2, 0) is 18.0 Å². The summed E-state index contributed by atoms with van der Waals surface area (Å²) >= 11 is 0. The molecule has 34 heavy (non-hydrogen) atoms. The standard InChI is InChI=1S/C22H23F4N7O/c1-4-19(34)30-16-7-17-18(5-12(16)2)32(3)21(31-17)33-10-14(23)6-15(11-33)29-20-27-8-13(9-28-20)22(24,25)26/h4-5,7-9,14-15H,1,6,10-11H2,2-3H3,(H,30,34)(H,27,28,29)/t14-,15-/m1/s1/i2D3. The molecule has 1 aromatic carbocycles. The Balaban J connectivity index is 1.63. The summed E-state index contributed by atoms with van der Waals surface area (Å²) in [6.45, 7) is 1.06. The summed E-state index contributed by atoms with van der Waals surface area (Å²) < 4.78 is 78.2. The quantitative estimate of drug-likeness (QED) is 0.426. The van der Waals surface area contributed by atoms with E-state index in [-0.39, 0.29) is 36.7 Å². The summed E-state index contributed by atoms with van der Waals surface area (Å²) in [5.41, 5.74) is -0.198. The minimum atomic E-state index is -4.57. The topological polar surface area (TPSA) is 88.0 Å². The number of fused-ring (bicyclic) bond motifs is 1. The normalized spacial score (nSPS) is 20.4. The number of rotatable bonds is 5. The first-order valence-electron chi connectivity index (χ1n) is 11.8. The van der Waals surface area contributed by atoms with Crippen LogP contribution in [0.3, 0.4) is 0 Å². The van der Waals surface area contributed by atoms with Crippen molar-refractivity contribution in [2.75, 3.05) is 28.6 Å². The van der Waals surface area contributed by atoms with Gasteiger partial charge in [0.25, 0.3) is 0 Å². The molecular weight excluding hydrogens is 454 g/mol. The summed E-state index contributed by atoms with van der Waals surface area (Å²) in [4.78, 5) is 25.4. The van der Waals surface area contributed by atoms with Gasteiger partial charge in [-0.2, -0.15) is 13.2 Å². The Morgan fingerprint density at radius 3 is 2.68 bits per heavy atom. The number of aromatic nitrogens is 4. The zero-order valence-electron chi connectivity index (χ0n) is 21.0. The molecule has 1 saturated heterocycles. The van der Waals surface area contributed by atoms with Crippen LogP contribution in [0.5, 0.6) is 0 Å². The largest absolute Gasteiger partial charge is 0.419 e. The molecule has 0 spiro atoms. The van der Waals surface area contributed by atoms with Crippen LogP contribution in [0.4, 0.5) is 35.1 Å². The molecule has 180 valence electrons. The number of amides is 1. The fourth-order valence-electron chi connectivity index (χ4n) is 3.83. The van der Waals surface area contributed by atoms with Crippen LogP contribution in [0.2, 0.25) is 0 Å². The molecule has 4 rings (SSSR count). The third-order valence-corrected chi connectivity index (χ3v) is 5.43. The van der Waals surface area contributed by atoms with Crippen molar-refractivity contribution >= 4 is 34.5 Å². The smallest absolute Gasteiger partial charge is 0.350 e. The van der Waals surface area contributed by atoms with Crippen LogP contribution in [-0.4, -0.2) is 50.7 Å². The second-order valence-electron chi connectivity index (χ2n) is 7.92. The Labute approximate surface area is 196 Å². The Hall–Kier alpha value is -3.70. The van der Waals surface area contributed by atoms with Gasteiger partial charge in [-0.1, -0.05) is 6.58 Å². The molecule has 12 heteroatoms. The average Bonchev–Trinajstić information content (AvgIpc) is 3.12. The van der Waals surface area contributed by atoms with Gasteiger partial charge in [0.2, 0.25) is 17.8 Å². The number of carbonyl (C=O) groups is 1. The third kappa shape index (κ3) is 4.80. The number of benzene rings is 1. The lowest BCUT2D eigenvalue weighted by molar-refractivity contribution is -0.138. The number of hydrogen-bond acceptors (Lipinski definition) is 6. The van der Waals surface area contributed by atoms with Crippen molar-refractivity contribution in [3.63, 3.8) is 0 Å².